The lowest BCUT2D eigenvalue weighted by molar-refractivity contribution is -0.386. The number of carboxylic acid groups (broad SMARTS) is 1. The Morgan fingerprint density at radius 3 is 2.63 bits per heavy atom. The summed E-state index contributed by atoms with van der Waals surface area (Å²) >= 11 is 9.89. The number of β-lactam (4-membered cyclic amide) rings is 1. The zero-order chi connectivity index (χ0) is 25.8. The molecule has 0 radical (unpaired) electrons. The molecule has 17 heteroatoms. The van der Waals surface area contributed by atoms with Crippen LogP contribution in [0.4, 0.5) is 5.69 Å². The van der Waals surface area contributed by atoms with Crippen LogP contribution in [0, 0.1) is 22.5 Å². The summed E-state index contributed by atoms with van der Waals surface area (Å²) in [6, 6.07) is -1.06. The van der Waals surface area contributed by atoms with Crippen molar-refractivity contribution < 1.29 is 24.4 Å². The van der Waals surface area contributed by atoms with E-state index in [1.54, 1.807) is 6.92 Å². The van der Waals surface area contributed by atoms with Crippen molar-refractivity contribution >= 4 is 75.1 Å². The Labute approximate surface area is 219 Å². The summed E-state index contributed by atoms with van der Waals surface area (Å²) in [4.78, 5) is 62.0. The number of aromatic nitrogens is 3. The topological polar surface area (TPSA) is 169 Å². The molecule has 0 aromatic carbocycles. The zero-order valence-corrected chi connectivity index (χ0v) is 22.1. The van der Waals surface area contributed by atoms with Gasteiger partial charge in [0.15, 0.2) is 6.04 Å². The average Bonchev–Trinajstić information content (AvgIpc) is 3.23. The Hall–Kier alpha value is -2.50. The van der Waals surface area contributed by atoms with Crippen molar-refractivity contribution in [3.05, 3.63) is 47.2 Å². The van der Waals surface area contributed by atoms with Crippen LogP contribution in [0.2, 0.25) is 0 Å². The first-order valence-electron chi connectivity index (χ1n) is 9.89. The van der Waals surface area contributed by atoms with E-state index in [0.29, 0.717) is 10.0 Å². The second-order valence-corrected chi connectivity index (χ2v) is 11.6. The molecule has 1 N–H and O–H groups in total. The van der Waals surface area contributed by atoms with Gasteiger partial charge >= 0.3 is 11.7 Å². The molecule has 2 aromatic rings. The lowest BCUT2D eigenvalue weighted by Gasteiger charge is -2.56. The Balaban J connectivity index is 1.66. The van der Waals surface area contributed by atoms with Gasteiger partial charge in [-0.2, -0.15) is 12.6 Å². The summed E-state index contributed by atoms with van der Waals surface area (Å²) in [5.41, 5.74) is -3.10. The molecule has 4 rings (SSSR count). The van der Waals surface area contributed by atoms with Crippen LogP contribution in [-0.2, 0) is 14.4 Å². The molecule has 35 heavy (non-hydrogen) atoms. The first-order chi connectivity index (χ1) is 16.4. The van der Waals surface area contributed by atoms with Crippen molar-refractivity contribution in [1.82, 2.24) is 19.8 Å². The SMILES string of the molecule is CC(=O)N(C1C(=O)N2CC(C(=O)O)(C(S)c3nnc(C)s3)CS[C@H]12)n1cc(Br)c(=O)c([N+](=O)[O-])c1. The number of thiol groups is 1. The number of carboxylic acids is 1. The second-order valence-electron chi connectivity index (χ2n) is 7.96. The van der Waals surface area contributed by atoms with Gasteiger partial charge in [0.05, 0.1) is 14.6 Å². The highest BCUT2D eigenvalue weighted by Gasteiger charge is 2.62. The van der Waals surface area contributed by atoms with Crippen LogP contribution in [0.15, 0.2) is 21.7 Å². The highest BCUT2D eigenvalue weighted by molar-refractivity contribution is 9.10. The summed E-state index contributed by atoms with van der Waals surface area (Å²) in [5, 5.41) is 30.0. The fourth-order valence-electron chi connectivity index (χ4n) is 4.01. The van der Waals surface area contributed by atoms with Crippen molar-refractivity contribution in [2.75, 3.05) is 17.3 Å². The molecule has 13 nitrogen and oxygen atoms in total. The van der Waals surface area contributed by atoms with Crippen molar-refractivity contribution in [1.29, 1.82) is 0 Å². The largest absolute Gasteiger partial charge is 0.481 e. The van der Waals surface area contributed by atoms with E-state index in [4.69, 9.17) is 0 Å². The normalized spacial score (nSPS) is 24.3. The fraction of sp³-hybridized carbons (Fsp3) is 0.444. The van der Waals surface area contributed by atoms with Crippen LogP contribution in [-0.4, -0.2) is 71.3 Å². The minimum atomic E-state index is -1.45. The van der Waals surface area contributed by atoms with Crippen LogP contribution < -0.4 is 10.4 Å². The lowest BCUT2D eigenvalue weighted by Crippen LogP contribution is -2.76. The maximum atomic E-state index is 13.2. The Morgan fingerprint density at radius 1 is 1.40 bits per heavy atom. The number of carbonyl (C=O) groups excluding carboxylic acids is 2. The number of nitro groups is 1. The van der Waals surface area contributed by atoms with Gasteiger partial charge in [0.1, 0.15) is 27.0 Å². The number of pyridine rings is 1. The summed E-state index contributed by atoms with van der Waals surface area (Å²) in [5.74, 6) is -2.20. The van der Waals surface area contributed by atoms with E-state index in [-0.39, 0.29) is 16.8 Å². The van der Waals surface area contributed by atoms with Gasteiger partial charge in [-0.15, -0.1) is 33.3 Å². The summed E-state index contributed by atoms with van der Waals surface area (Å²) in [7, 11) is 0. The maximum Gasteiger partial charge on any atom is 0.335 e. The molecule has 0 saturated carbocycles. The first-order valence-corrected chi connectivity index (χ1v) is 13.1. The van der Waals surface area contributed by atoms with Gasteiger partial charge < -0.3 is 10.0 Å². The molecule has 4 heterocycles. The fourth-order valence-corrected chi connectivity index (χ4v) is 7.46. The quantitative estimate of drug-likeness (QED) is 0.211. The number of fused-ring (bicyclic) bond motifs is 1. The number of rotatable bonds is 6. The molecule has 0 bridgehead atoms. The average molecular weight is 605 g/mol. The Morgan fingerprint density at radius 2 is 2.09 bits per heavy atom. The van der Waals surface area contributed by atoms with E-state index in [1.165, 1.54) is 41.1 Å². The first kappa shape index (κ1) is 25.6. The second kappa shape index (κ2) is 9.18. The maximum absolute atomic E-state index is 13.2. The van der Waals surface area contributed by atoms with E-state index >= 15 is 0 Å². The molecule has 2 fully saturated rings. The minimum Gasteiger partial charge on any atom is -0.481 e. The smallest absolute Gasteiger partial charge is 0.335 e. The number of hydrogen-bond acceptors (Lipinski definition) is 11. The molecule has 2 aromatic heterocycles. The number of amides is 2. The molecule has 2 aliphatic heterocycles. The van der Waals surface area contributed by atoms with Crippen molar-refractivity contribution in [3.63, 3.8) is 0 Å². The summed E-state index contributed by atoms with van der Waals surface area (Å²) in [6.45, 7) is 2.76. The van der Waals surface area contributed by atoms with E-state index < -0.39 is 55.9 Å². The van der Waals surface area contributed by atoms with Gasteiger partial charge in [0.2, 0.25) is 5.91 Å². The minimum absolute atomic E-state index is 0.0693. The number of hydrogen-bond donors (Lipinski definition) is 2. The molecule has 186 valence electrons. The Bertz CT molecular complexity index is 1320. The molecular weight excluding hydrogens is 588 g/mol. The number of halogens is 1. The van der Waals surface area contributed by atoms with Crippen LogP contribution in [0.25, 0.3) is 0 Å². The molecule has 4 atom stereocenters. The molecule has 0 aliphatic carbocycles. The number of thioether (sulfide) groups is 1. The number of carbonyl (C=O) groups is 3. The molecule has 2 amide bonds. The lowest BCUT2D eigenvalue weighted by atomic mass is 9.83. The summed E-state index contributed by atoms with van der Waals surface area (Å²) in [6.07, 6.45) is 2.05. The highest BCUT2D eigenvalue weighted by Crippen LogP contribution is 2.51. The van der Waals surface area contributed by atoms with Crippen molar-refractivity contribution in [2.45, 2.75) is 30.5 Å². The predicted molar refractivity (Wildman–Crippen MR) is 132 cm³/mol. The number of aryl methyl sites for hydroxylation is 1. The molecule has 0 spiro atoms. The molecular formula is C18H17BrN6O7S3. The van der Waals surface area contributed by atoms with E-state index in [2.05, 4.69) is 38.8 Å². The monoisotopic (exact) mass is 604 g/mol. The van der Waals surface area contributed by atoms with Gasteiger partial charge in [-0.3, -0.25) is 34.0 Å². The number of nitrogens with zero attached hydrogens (tertiary/aromatic N) is 6. The van der Waals surface area contributed by atoms with Crippen molar-refractivity contribution in [3.8, 4) is 0 Å². The van der Waals surface area contributed by atoms with E-state index in [0.717, 1.165) is 15.9 Å². The number of aliphatic carboxylic acids is 1. The molecule has 2 saturated heterocycles. The van der Waals surface area contributed by atoms with Crippen LogP contribution in [0.1, 0.15) is 22.2 Å². The third-order valence-corrected chi connectivity index (χ3v) is 9.70. The van der Waals surface area contributed by atoms with Crippen LogP contribution >= 0.6 is 51.7 Å². The zero-order valence-electron chi connectivity index (χ0n) is 18.0. The van der Waals surface area contributed by atoms with Gasteiger partial charge in [0.25, 0.3) is 11.3 Å². The summed E-state index contributed by atoms with van der Waals surface area (Å²) < 4.78 is 0.879. The van der Waals surface area contributed by atoms with Gasteiger partial charge in [0, 0.05) is 25.4 Å². The van der Waals surface area contributed by atoms with Gasteiger partial charge in [-0.25, -0.2) is 5.01 Å². The van der Waals surface area contributed by atoms with Crippen LogP contribution in [0.5, 0.6) is 0 Å². The van der Waals surface area contributed by atoms with E-state index in [9.17, 15) is 34.4 Å². The third-order valence-electron chi connectivity index (χ3n) is 5.78. The standard InChI is InChI=1S/C18H17BrN6O7S3/c1-7-20-21-14(35-7)13(33)18(17(29)30)5-23-15(28)11(16(23)34-6-18)24(8(2)26)22-3-9(19)12(27)10(4-22)25(31)32/h3-4,11,13,16,33H,5-6H2,1-2H3,(H,29,30)/t11?,13?,16-,18?/m1/s1. The van der Waals surface area contributed by atoms with Crippen LogP contribution in [0.3, 0.4) is 0 Å². The van der Waals surface area contributed by atoms with Gasteiger partial charge in [-0.05, 0) is 22.9 Å². The third kappa shape index (κ3) is 4.13. The van der Waals surface area contributed by atoms with Gasteiger partial charge in [-0.1, -0.05) is 0 Å². The molecule has 3 unspecified atom stereocenters. The van der Waals surface area contributed by atoms with E-state index in [1.807, 2.05) is 0 Å². The highest BCUT2D eigenvalue weighted by atomic mass is 79.9. The van der Waals surface area contributed by atoms with Crippen molar-refractivity contribution in [2.24, 2.45) is 5.41 Å². The predicted octanol–water partition coefficient (Wildman–Crippen LogP) is 1.19. The Kier molecular flexibility index (Phi) is 6.71. The molecule has 2 aliphatic rings.